The van der Waals surface area contributed by atoms with Crippen molar-refractivity contribution >= 4 is 21.6 Å². The summed E-state index contributed by atoms with van der Waals surface area (Å²) in [5.74, 6) is -2.20. The van der Waals surface area contributed by atoms with Crippen molar-refractivity contribution in [3.8, 4) is 5.69 Å². The maximum absolute atomic E-state index is 13.8. The summed E-state index contributed by atoms with van der Waals surface area (Å²) in [6.07, 6.45) is 2.75. The van der Waals surface area contributed by atoms with Gasteiger partial charge in [0, 0.05) is 29.6 Å². The second-order valence-electron chi connectivity index (χ2n) is 7.84. The first-order chi connectivity index (χ1) is 15.3. The van der Waals surface area contributed by atoms with E-state index >= 15 is 0 Å². The van der Waals surface area contributed by atoms with Crippen molar-refractivity contribution in [1.82, 2.24) is 14.5 Å². The molecule has 0 radical (unpaired) electrons. The smallest absolute Gasteiger partial charge is 0.279 e. The van der Waals surface area contributed by atoms with Gasteiger partial charge in [0.1, 0.15) is 0 Å². The standard InChI is InChI=1S/C22H20F2N4O3S/c1-25-32(30,31)15-6-8-19-13(11-15)9-10-27(19)22(29)21-16-3-2-4-20(16)28(26-21)14-5-7-17(23)18(24)12-14/h5-8,11-12,25H,2-4,9-10H2,1H3. The lowest BCUT2D eigenvalue weighted by molar-refractivity contribution is 0.0983. The second-order valence-corrected chi connectivity index (χ2v) is 9.73. The predicted molar refractivity (Wildman–Crippen MR) is 114 cm³/mol. The minimum absolute atomic E-state index is 0.150. The van der Waals surface area contributed by atoms with Crippen molar-refractivity contribution in [3.63, 3.8) is 0 Å². The van der Waals surface area contributed by atoms with Crippen LogP contribution >= 0.6 is 0 Å². The summed E-state index contributed by atoms with van der Waals surface area (Å²) < 4.78 is 55.2. The molecule has 1 N–H and O–H groups in total. The molecule has 166 valence electrons. The molecule has 32 heavy (non-hydrogen) atoms. The first-order valence-electron chi connectivity index (χ1n) is 10.2. The van der Waals surface area contributed by atoms with E-state index in [2.05, 4.69) is 9.82 Å². The number of aromatic nitrogens is 2. The van der Waals surface area contributed by atoms with E-state index < -0.39 is 21.7 Å². The van der Waals surface area contributed by atoms with Crippen LogP contribution in [0.5, 0.6) is 0 Å². The van der Waals surface area contributed by atoms with Crippen LogP contribution in [0.4, 0.5) is 14.5 Å². The highest BCUT2D eigenvalue weighted by atomic mass is 32.2. The van der Waals surface area contributed by atoms with Crippen LogP contribution in [-0.2, 0) is 29.3 Å². The molecule has 1 aliphatic heterocycles. The number of halogens is 2. The molecule has 2 heterocycles. The van der Waals surface area contributed by atoms with Crippen molar-refractivity contribution < 1.29 is 22.0 Å². The van der Waals surface area contributed by atoms with Gasteiger partial charge in [0.2, 0.25) is 10.0 Å². The third-order valence-electron chi connectivity index (χ3n) is 6.05. The first kappa shape index (κ1) is 20.8. The zero-order valence-electron chi connectivity index (χ0n) is 17.2. The Morgan fingerprint density at radius 1 is 1.06 bits per heavy atom. The molecule has 1 aliphatic carbocycles. The lowest BCUT2D eigenvalue weighted by atomic mass is 10.1. The topological polar surface area (TPSA) is 84.3 Å². The van der Waals surface area contributed by atoms with Crippen LogP contribution in [0.2, 0.25) is 0 Å². The van der Waals surface area contributed by atoms with Crippen LogP contribution in [0.3, 0.4) is 0 Å². The molecular weight excluding hydrogens is 438 g/mol. The Balaban J connectivity index is 1.52. The van der Waals surface area contributed by atoms with Gasteiger partial charge in [0.15, 0.2) is 17.3 Å². The second kappa shape index (κ2) is 7.49. The molecule has 0 saturated heterocycles. The number of fused-ring (bicyclic) bond motifs is 2. The van der Waals surface area contributed by atoms with Crippen molar-refractivity contribution in [2.75, 3.05) is 18.5 Å². The van der Waals surface area contributed by atoms with Gasteiger partial charge in [-0.2, -0.15) is 5.10 Å². The van der Waals surface area contributed by atoms with Crippen LogP contribution < -0.4 is 9.62 Å². The summed E-state index contributed by atoms with van der Waals surface area (Å²) >= 11 is 0. The summed E-state index contributed by atoms with van der Waals surface area (Å²) in [6.45, 7) is 0.407. The Kier molecular flexibility index (Phi) is 4.86. The monoisotopic (exact) mass is 458 g/mol. The maximum atomic E-state index is 13.8. The molecule has 10 heteroatoms. The third-order valence-corrected chi connectivity index (χ3v) is 7.46. The largest absolute Gasteiger partial charge is 0.306 e. The molecule has 1 aromatic heterocycles. The fraction of sp³-hybridized carbons (Fsp3) is 0.273. The lowest BCUT2D eigenvalue weighted by Gasteiger charge is -2.17. The maximum Gasteiger partial charge on any atom is 0.279 e. The molecule has 0 spiro atoms. The van der Waals surface area contributed by atoms with Gasteiger partial charge < -0.3 is 4.90 Å². The van der Waals surface area contributed by atoms with Crippen LogP contribution in [0.1, 0.15) is 33.7 Å². The average molecular weight is 458 g/mol. The zero-order chi connectivity index (χ0) is 22.6. The number of carbonyl (C=O) groups excluding carboxylic acids is 1. The Labute approximate surface area is 183 Å². The first-order valence-corrected chi connectivity index (χ1v) is 11.7. The highest BCUT2D eigenvalue weighted by Gasteiger charge is 2.33. The SMILES string of the molecule is CNS(=O)(=O)c1ccc2c(c1)CCN2C(=O)c1nn(-c2ccc(F)c(F)c2)c2c1CCC2. The summed E-state index contributed by atoms with van der Waals surface area (Å²) in [4.78, 5) is 15.2. The highest BCUT2D eigenvalue weighted by molar-refractivity contribution is 7.89. The molecule has 2 aliphatic rings. The fourth-order valence-electron chi connectivity index (χ4n) is 4.44. The van der Waals surface area contributed by atoms with Crippen molar-refractivity contribution in [2.24, 2.45) is 0 Å². The molecular formula is C22H20F2N4O3S. The highest BCUT2D eigenvalue weighted by Crippen LogP contribution is 2.34. The minimum atomic E-state index is -3.58. The molecule has 0 saturated carbocycles. The van der Waals surface area contributed by atoms with Gasteiger partial charge in [0.05, 0.1) is 10.6 Å². The normalized spacial score (nSPS) is 15.2. The van der Waals surface area contributed by atoms with Crippen LogP contribution in [0.25, 0.3) is 5.69 Å². The molecule has 0 bridgehead atoms. The quantitative estimate of drug-likeness (QED) is 0.652. The van der Waals surface area contributed by atoms with Crippen molar-refractivity contribution in [2.45, 2.75) is 30.6 Å². The average Bonchev–Trinajstić information content (AvgIpc) is 3.49. The number of carbonyl (C=O) groups is 1. The number of sulfonamides is 1. The lowest BCUT2D eigenvalue weighted by Crippen LogP contribution is -2.30. The van der Waals surface area contributed by atoms with Gasteiger partial charge in [-0.25, -0.2) is 26.6 Å². The Bertz CT molecular complexity index is 1370. The number of nitrogens with one attached hydrogen (secondary N) is 1. The molecule has 0 atom stereocenters. The molecule has 1 amide bonds. The van der Waals surface area contributed by atoms with E-state index in [4.69, 9.17) is 0 Å². The van der Waals surface area contributed by atoms with E-state index in [9.17, 15) is 22.0 Å². The number of hydrogen-bond donors (Lipinski definition) is 1. The van der Waals surface area contributed by atoms with Gasteiger partial charge in [-0.3, -0.25) is 4.79 Å². The molecule has 0 unspecified atom stereocenters. The number of rotatable bonds is 4. The van der Waals surface area contributed by atoms with Crippen LogP contribution in [0, 0.1) is 11.6 Å². The van der Waals surface area contributed by atoms with Gasteiger partial charge in [-0.1, -0.05) is 0 Å². The molecule has 2 aromatic carbocycles. The summed E-state index contributed by atoms with van der Waals surface area (Å²) in [5, 5.41) is 4.49. The Hall–Kier alpha value is -3.11. The van der Waals surface area contributed by atoms with E-state index in [1.807, 2.05) is 0 Å². The molecule has 0 fully saturated rings. The summed E-state index contributed by atoms with van der Waals surface area (Å²) in [7, 11) is -2.23. The predicted octanol–water partition coefficient (Wildman–Crippen LogP) is 2.75. The van der Waals surface area contributed by atoms with E-state index in [1.54, 1.807) is 17.0 Å². The third kappa shape index (κ3) is 3.21. The van der Waals surface area contributed by atoms with Crippen molar-refractivity contribution in [1.29, 1.82) is 0 Å². The Morgan fingerprint density at radius 2 is 1.88 bits per heavy atom. The van der Waals surface area contributed by atoms with E-state index in [-0.39, 0.29) is 10.8 Å². The van der Waals surface area contributed by atoms with Crippen molar-refractivity contribution in [3.05, 3.63) is 70.5 Å². The van der Waals surface area contributed by atoms with Gasteiger partial charge in [-0.15, -0.1) is 0 Å². The molecule has 5 rings (SSSR count). The van der Waals surface area contributed by atoms with Crippen LogP contribution in [-0.4, -0.2) is 37.7 Å². The van der Waals surface area contributed by atoms with E-state index in [1.165, 1.54) is 23.9 Å². The minimum Gasteiger partial charge on any atom is -0.306 e. The number of hydrogen-bond acceptors (Lipinski definition) is 4. The number of anilines is 1. The number of nitrogens with zero attached hydrogens (tertiary/aromatic N) is 3. The van der Waals surface area contributed by atoms with Gasteiger partial charge >= 0.3 is 0 Å². The van der Waals surface area contributed by atoms with Gasteiger partial charge in [0.25, 0.3) is 5.91 Å². The van der Waals surface area contributed by atoms with Gasteiger partial charge in [-0.05, 0) is 68.6 Å². The molecule has 7 nitrogen and oxygen atoms in total. The zero-order valence-corrected chi connectivity index (χ0v) is 18.0. The number of benzene rings is 2. The van der Waals surface area contributed by atoms with Crippen LogP contribution in [0.15, 0.2) is 41.3 Å². The number of amides is 1. The van der Waals surface area contributed by atoms with E-state index in [0.717, 1.165) is 35.4 Å². The summed E-state index contributed by atoms with van der Waals surface area (Å²) in [6, 6.07) is 8.25. The molecule has 3 aromatic rings. The summed E-state index contributed by atoms with van der Waals surface area (Å²) in [5.41, 5.74) is 3.73. The Morgan fingerprint density at radius 3 is 2.62 bits per heavy atom. The van der Waals surface area contributed by atoms with E-state index in [0.29, 0.717) is 42.9 Å². The fourth-order valence-corrected chi connectivity index (χ4v) is 5.22.